The van der Waals surface area contributed by atoms with Gasteiger partial charge in [-0.2, -0.15) is 0 Å². The molecule has 108 valence electrons. The molecule has 19 heavy (non-hydrogen) atoms. The molecule has 1 atom stereocenters. The third kappa shape index (κ3) is 5.03. The molecule has 1 rings (SSSR count). The summed E-state index contributed by atoms with van der Waals surface area (Å²) in [6.45, 7) is 8.79. The van der Waals surface area contributed by atoms with Crippen LogP contribution in [0.5, 0.6) is 0 Å². The van der Waals surface area contributed by atoms with Crippen molar-refractivity contribution in [2.75, 3.05) is 10.7 Å². The lowest BCUT2D eigenvalue weighted by Crippen LogP contribution is -2.19. The van der Waals surface area contributed by atoms with Crippen LogP contribution in [0.3, 0.4) is 0 Å². The van der Waals surface area contributed by atoms with Crippen molar-refractivity contribution in [1.29, 1.82) is 0 Å². The molecule has 0 spiro atoms. The van der Waals surface area contributed by atoms with Gasteiger partial charge < -0.3 is 10.7 Å². The predicted octanol–water partition coefficient (Wildman–Crippen LogP) is 2.95. The molecule has 0 saturated heterocycles. The Bertz CT molecular complexity index is 378. The summed E-state index contributed by atoms with van der Waals surface area (Å²) in [7, 11) is 0. The van der Waals surface area contributed by atoms with E-state index in [9.17, 15) is 0 Å². The Morgan fingerprint density at radius 3 is 2.42 bits per heavy atom. The molecule has 1 aromatic heterocycles. The van der Waals surface area contributed by atoms with Crippen LogP contribution in [0.1, 0.15) is 52.5 Å². The lowest BCUT2D eigenvalue weighted by Gasteiger charge is -2.18. The average Bonchev–Trinajstić information content (AvgIpc) is 2.37. The molecule has 1 aromatic rings. The average molecular weight is 265 g/mol. The van der Waals surface area contributed by atoms with Gasteiger partial charge in [-0.05, 0) is 25.7 Å². The first-order valence-electron chi connectivity index (χ1n) is 7.15. The van der Waals surface area contributed by atoms with Crippen LogP contribution in [0.15, 0.2) is 6.33 Å². The van der Waals surface area contributed by atoms with Crippen LogP contribution in [0, 0.1) is 5.92 Å². The number of aromatic nitrogens is 2. The number of nitrogens with two attached hydrogens (primary N) is 1. The summed E-state index contributed by atoms with van der Waals surface area (Å²) in [6.07, 6.45) is 6.04. The summed E-state index contributed by atoms with van der Waals surface area (Å²) in [5.41, 5.74) is 3.67. The maximum Gasteiger partial charge on any atom is 0.148 e. The van der Waals surface area contributed by atoms with Crippen molar-refractivity contribution in [3.05, 3.63) is 11.9 Å². The monoisotopic (exact) mass is 265 g/mol. The maximum absolute atomic E-state index is 5.47. The summed E-state index contributed by atoms with van der Waals surface area (Å²) < 4.78 is 0. The lowest BCUT2D eigenvalue weighted by molar-refractivity contribution is 0.520. The van der Waals surface area contributed by atoms with E-state index in [0.717, 1.165) is 30.1 Å². The van der Waals surface area contributed by atoms with Gasteiger partial charge in [-0.1, -0.05) is 33.6 Å². The molecule has 0 aliphatic heterocycles. The van der Waals surface area contributed by atoms with Crippen molar-refractivity contribution >= 4 is 11.6 Å². The summed E-state index contributed by atoms with van der Waals surface area (Å²) in [4.78, 5) is 8.46. The molecule has 5 heteroatoms. The minimum Gasteiger partial charge on any atom is -0.367 e. The zero-order valence-electron chi connectivity index (χ0n) is 12.5. The molecule has 1 unspecified atom stereocenters. The fourth-order valence-corrected chi connectivity index (χ4v) is 2.13. The van der Waals surface area contributed by atoms with E-state index in [4.69, 9.17) is 5.84 Å². The highest BCUT2D eigenvalue weighted by Crippen LogP contribution is 2.21. The van der Waals surface area contributed by atoms with Gasteiger partial charge in [0.1, 0.15) is 18.0 Å². The number of nitrogens with zero attached hydrogens (tertiary/aromatic N) is 2. The molecule has 5 nitrogen and oxygen atoms in total. The highest BCUT2D eigenvalue weighted by molar-refractivity contribution is 5.57. The maximum atomic E-state index is 5.47. The minimum absolute atomic E-state index is 0.407. The van der Waals surface area contributed by atoms with E-state index in [0.29, 0.717) is 11.9 Å². The minimum atomic E-state index is 0.407. The van der Waals surface area contributed by atoms with Gasteiger partial charge in [0.05, 0.1) is 0 Å². The van der Waals surface area contributed by atoms with E-state index < -0.39 is 0 Å². The first-order valence-corrected chi connectivity index (χ1v) is 7.15. The van der Waals surface area contributed by atoms with Crippen LogP contribution in [0.4, 0.5) is 11.6 Å². The molecule has 0 fully saturated rings. The Labute approximate surface area is 116 Å². The smallest absolute Gasteiger partial charge is 0.148 e. The fraction of sp³-hybridized carbons (Fsp3) is 0.714. The second-order valence-electron chi connectivity index (χ2n) is 5.42. The van der Waals surface area contributed by atoms with Gasteiger partial charge in [0.25, 0.3) is 0 Å². The van der Waals surface area contributed by atoms with Crippen LogP contribution in [-0.4, -0.2) is 16.0 Å². The molecule has 0 aliphatic rings. The largest absolute Gasteiger partial charge is 0.367 e. The Hall–Kier alpha value is -1.36. The molecule has 0 radical (unpaired) electrons. The van der Waals surface area contributed by atoms with Crippen molar-refractivity contribution in [3.8, 4) is 0 Å². The third-order valence-corrected chi connectivity index (χ3v) is 3.24. The lowest BCUT2D eigenvalue weighted by atomic mass is 10.0. The van der Waals surface area contributed by atoms with E-state index in [1.54, 1.807) is 0 Å². The normalized spacial score (nSPS) is 12.5. The van der Waals surface area contributed by atoms with E-state index in [1.165, 1.54) is 19.2 Å². The van der Waals surface area contributed by atoms with Crippen molar-refractivity contribution < 1.29 is 0 Å². The molecule has 1 heterocycles. The number of hydrazine groups is 1. The first-order chi connectivity index (χ1) is 9.08. The molecule has 0 saturated carbocycles. The number of nitrogen functional groups attached to an aromatic ring is 1. The van der Waals surface area contributed by atoms with Gasteiger partial charge in [-0.15, -0.1) is 0 Å². The van der Waals surface area contributed by atoms with E-state index in [-0.39, 0.29) is 0 Å². The molecule has 0 aliphatic carbocycles. The first kappa shape index (κ1) is 15.7. The van der Waals surface area contributed by atoms with Crippen LogP contribution in [0.2, 0.25) is 0 Å². The number of nitrogens with one attached hydrogen (secondary N) is 2. The number of hydrogen-bond donors (Lipinski definition) is 3. The summed E-state index contributed by atoms with van der Waals surface area (Å²) in [5, 5.41) is 3.46. The Morgan fingerprint density at radius 1 is 1.16 bits per heavy atom. The van der Waals surface area contributed by atoms with Crippen LogP contribution in [0.25, 0.3) is 0 Å². The van der Waals surface area contributed by atoms with Crippen molar-refractivity contribution in [1.82, 2.24) is 9.97 Å². The van der Waals surface area contributed by atoms with E-state index in [2.05, 4.69) is 48.4 Å². The van der Waals surface area contributed by atoms with Gasteiger partial charge in [0.2, 0.25) is 0 Å². The molecule has 0 amide bonds. The molecular weight excluding hydrogens is 238 g/mol. The summed E-state index contributed by atoms with van der Waals surface area (Å²) in [5.74, 6) is 7.83. The van der Waals surface area contributed by atoms with Crippen molar-refractivity contribution in [2.45, 2.75) is 59.4 Å². The van der Waals surface area contributed by atoms with Gasteiger partial charge >= 0.3 is 0 Å². The van der Waals surface area contributed by atoms with E-state index >= 15 is 0 Å². The molecule has 0 aromatic carbocycles. The predicted molar refractivity (Wildman–Crippen MR) is 81.0 cm³/mol. The van der Waals surface area contributed by atoms with Crippen LogP contribution >= 0.6 is 0 Å². The van der Waals surface area contributed by atoms with Crippen molar-refractivity contribution in [3.63, 3.8) is 0 Å². The summed E-state index contributed by atoms with van der Waals surface area (Å²) in [6, 6.07) is 0.407. The quantitative estimate of drug-likeness (QED) is 0.497. The number of anilines is 2. The van der Waals surface area contributed by atoms with Gasteiger partial charge in [0.15, 0.2) is 0 Å². The summed E-state index contributed by atoms with van der Waals surface area (Å²) >= 11 is 0. The Morgan fingerprint density at radius 2 is 1.84 bits per heavy atom. The standard InChI is InChI=1S/C14H27N5/c1-5-12-13(16-9-17-14(12)19-15)18-11(4)8-6-7-10(2)3/h9-11H,5-8,15H2,1-4H3,(H2,16,17,18,19). The second kappa shape index (κ2) is 7.94. The van der Waals surface area contributed by atoms with Crippen molar-refractivity contribution in [2.24, 2.45) is 11.8 Å². The van der Waals surface area contributed by atoms with Gasteiger partial charge in [0, 0.05) is 11.6 Å². The molecule has 0 bridgehead atoms. The molecular formula is C14H27N5. The van der Waals surface area contributed by atoms with Crippen LogP contribution in [-0.2, 0) is 6.42 Å². The highest BCUT2D eigenvalue weighted by atomic mass is 15.3. The van der Waals surface area contributed by atoms with Gasteiger partial charge in [-0.3, -0.25) is 0 Å². The second-order valence-corrected chi connectivity index (χ2v) is 5.42. The zero-order chi connectivity index (χ0) is 14.3. The number of hydrogen-bond acceptors (Lipinski definition) is 5. The molecule has 4 N–H and O–H groups in total. The highest BCUT2D eigenvalue weighted by Gasteiger charge is 2.11. The third-order valence-electron chi connectivity index (χ3n) is 3.24. The SMILES string of the molecule is CCc1c(NN)ncnc1NC(C)CCCC(C)C. The topological polar surface area (TPSA) is 75.9 Å². The fourth-order valence-electron chi connectivity index (χ4n) is 2.13. The Kier molecular flexibility index (Phi) is 6.56. The number of rotatable bonds is 8. The zero-order valence-corrected chi connectivity index (χ0v) is 12.5. The van der Waals surface area contributed by atoms with Gasteiger partial charge in [-0.25, -0.2) is 15.8 Å². The van der Waals surface area contributed by atoms with E-state index in [1.807, 2.05) is 0 Å². The van der Waals surface area contributed by atoms with Crippen LogP contribution < -0.4 is 16.6 Å². The Balaban J connectivity index is 2.60.